The quantitative estimate of drug-likeness (QED) is 0.847. The Labute approximate surface area is 166 Å². The molecule has 1 amide bonds. The number of anilines is 2. The number of sulfonamides is 1. The second-order valence-electron chi connectivity index (χ2n) is 8.01. The number of fused-ring (bicyclic) bond motifs is 1. The fourth-order valence-electron chi connectivity index (χ4n) is 3.23. The summed E-state index contributed by atoms with van der Waals surface area (Å²) < 4.78 is 33.8. The molecule has 0 unspecified atom stereocenters. The molecule has 1 aliphatic heterocycles. The van der Waals surface area contributed by atoms with E-state index >= 15 is 0 Å². The van der Waals surface area contributed by atoms with Gasteiger partial charge in [0, 0.05) is 13.1 Å². The standard InChI is InChI=1S/C21H26N2O4S/c1-14-6-7-15(2)16(10-14)12-28(25,26)22-17-8-9-18-19(11-17)27-13-21(3,4)20(24)23(18)5/h6-11,22H,12-13H2,1-5H3. The summed E-state index contributed by atoms with van der Waals surface area (Å²) in [6, 6.07) is 10.7. The monoisotopic (exact) mass is 402 g/mol. The van der Waals surface area contributed by atoms with Crippen LogP contribution < -0.4 is 14.4 Å². The molecule has 0 aromatic heterocycles. The molecule has 0 saturated carbocycles. The van der Waals surface area contributed by atoms with Crippen LogP contribution >= 0.6 is 0 Å². The normalized spacial score (nSPS) is 16.2. The molecule has 1 heterocycles. The van der Waals surface area contributed by atoms with Crippen LogP contribution in [0, 0.1) is 19.3 Å². The van der Waals surface area contributed by atoms with Gasteiger partial charge in [0.1, 0.15) is 12.4 Å². The average molecular weight is 403 g/mol. The Morgan fingerprint density at radius 3 is 2.57 bits per heavy atom. The number of nitrogens with one attached hydrogen (secondary N) is 1. The summed E-state index contributed by atoms with van der Waals surface area (Å²) >= 11 is 0. The van der Waals surface area contributed by atoms with Crippen LogP contribution in [0.25, 0.3) is 0 Å². The molecule has 0 radical (unpaired) electrons. The molecular weight excluding hydrogens is 376 g/mol. The Balaban J connectivity index is 1.85. The summed E-state index contributed by atoms with van der Waals surface area (Å²) in [4.78, 5) is 14.1. The van der Waals surface area contributed by atoms with Crippen molar-refractivity contribution >= 4 is 27.3 Å². The summed E-state index contributed by atoms with van der Waals surface area (Å²) in [7, 11) is -1.90. The van der Waals surface area contributed by atoms with E-state index in [4.69, 9.17) is 4.74 Å². The maximum absolute atomic E-state index is 12.7. The minimum Gasteiger partial charge on any atom is -0.490 e. The highest BCUT2D eigenvalue weighted by atomic mass is 32.2. The van der Waals surface area contributed by atoms with Crippen LogP contribution in [0.5, 0.6) is 5.75 Å². The summed E-state index contributed by atoms with van der Waals surface area (Å²) in [5.74, 6) is 0.326. The van der Waals surface area contributed by atoms with Gasteiger partial charge in [0.2, 0.25) is 15.9 Å². The zero-order chi connectivity index (χ0) is 20.7. The van der Waals surface area contributed by atoms with Gasteiger partial charge in [-0.1, -0.05) is 23.8 Å². The Kier molecular flexibility index (Phi) is 5.14. The molecule has 2 aromatic rings. The lowest BCUT2D eigenvalue weighted by atomic mass is 9.93. The molecule has 28 heavy (non-hydrogen) atoms. The van der Waals surface area contributed by atoms with Crippen molar-refractivity contribution in [3.05, 3.63) is 53.1 Å². The molecule has 0 spiro atoms. The molecule has 1 N–H and O–H groups in total. The third-order valence-electron chi connectivity index (χ3n) is 4.92. The average Bonchev–Trinajstić information content (AvgIpc) is 2.68. The summed E-state index contributed by atoms with van der Waals surface area (Å²) in [6.45, 7) is 7.71. The van der Waals surface area contributed by atoms with Crippen LogP contribution in [0.4, 0.5) is 11.4 Å². The molecule has 1 aliphatic rings. The van der Waals surface area contributed by atoms with Crippen LogP contribution in [0.15, 0.2) is 36.4 Å². The fraction of sp³-hybridized carbons (Fsp3) is 0.381. The number of hydrogen-bond donors (Lipinski definition) is 1. The Hall–Kier alpha value is -2.54. The van der Waals surface area contributed by atoms with Gasteiger partial charge in [0.15, 0.2) is 0 Å². The maximum Gasteiger partial charge on any atom is 0.236 e. The van der Waals surface area contributed by atoms with Crippen molar-refractivity contribution in [2.75, 3.05) is 23.3 Å². The van der Waals surface area contributed by atoms with Gasteiger partial charge < -0.3 is 9.64 Å². The zero-order valence-electron chi connectivity index (χ0n) is 16.9. The number of aryl methyl sites for hydroxylation is 2. The van der Waals surface area contributed by atoms with Crippen LogP contribution in [-0.4, -0.2) is 28.0 Å². The minimum atomic E-state index is -3.60. The highest BCUT2D eigenvalue weighted by molar-refractivity contribution is 7.91. The van der Waals surface area contributed by atoms with E-state index in [1.54, 1.807) is 30.1 Å². The van der Waals surface area contributed by atoms with Gasteiger partial charge in [-0.3, -0.25) is 9.52 Å². The lowest BCUT2D eigenvalue weighted by Crippen LogP contribution is -2.39. The van der Waals surface area contributed by atoms with Crippen LogP contribution in [0.3, 0.4) is 0 Å². The van der Waals surface area contributed by atoms with Crippen LogP contribution in [0.1, 0.15) is 30.5 Å². The Bertz CT molecular complexity index is 1030. The first-order valence-corrected chi connectivity index (χ1v) is 10.8. The molecule has 0 saturated heterocycles. The number of hydrogen-bond acceptors (Lipinski definition) is 4. The maximum atomic E-state index is 12.7. The van der Waals surface area contributed by atoms with E-state index in [0.29, 0.717) is 17.1 Å². The van der Waals surface area contributed by atoms with Gasteiger partial charge in [0.05, 0.1) is 22.5 Å². The van der Waals surface area contributed by atoms with Crippen LogP contribution in [-0.2, 0) is 20.6 Å². The van der Waals surface area contributed by atoms with Gasteiger partial charge in [0.25, 0.3) is 0 Å². The van der Waals surface area contributed by atoms with E-state index in [2.05, 4.69) is 4.72 Å². The van der Waals surface area contributed by atoms with Crippen LogP contribution in [0.2, 0.25) is 0 Å². The summed E-state index contributed by atoms with van der Waals surface area (Å²) in [5.41, 5.74) is 3.09. The van der Waals surface area contributed by atoms with Gasteiger partial charge in [-0.25, -0.2) is 8.42 Å². The number of carbonyl (C=O) groups is 1. The van der Waals surface area contributed by atoms with E-state index in [-0.39, 0.29) is 18.3 Å². The molecular formula is C21H26N2O4S. The Morgan fingerprint density at radius 1 is 1.14 bits per heavy atom. The number of amides is 1. The van der Waals surface area contributed by atoms with E-state index in [9.17, 15) is 13.2 Å². The van der Waals surface area contributed by atoms with E-state index < -0.39 is 15.4 Å². The first kappa shape index (κ1) is 20.2. The summed E-state index contributed by atoms with van der Waals surface area (Å²) in [6.07, 6.45) is 0. The second kappa shape index (κ2) is 7.13. The lowest BCUT2D eigenvalue weighted by molar-refractivity contribution is -0.127. The van der Waals surface area contributed by atoms with Gasteiger partial charge in [-0.15, -0.1) is 0 Å². The molecule has 7 heteroatoms. The molecule has 150 valence electrons. The SMILES string of the molecule is Cc1ccc(C)c(CS(=O)(=O)Nc2ccc3c(c2)OCC(C)(C)C(=O)N3C)c1. The number of ether oxygens (including phenoxy) is 1. The van der Waals surface area contributed by atoms with Gasteiger partial charge in [-0.2, -0.15) is 0 Å². The predicted octanol–water partition coefficient (Wildman–Crippen LogP) is 3.63. The fourth-order valence-corrected chi connectivity index (χ4v) is 4.51. The van der Waals surface area contributed by atoms with Gasteiger partial charge in [-0.05, 0) is 51.0 Å². The van der Waals surface area contributed by atoms with Gasteiger partial charge >= 0.3 is 0 Å². The van der Waals surface area contributed by atoms with Crippen molar-refractivity contribution in [3.8, 4) is 5.75 Å². The van der Waals surface area contributed by atoms with Crippen molar-refractivity contribution in [1.29, 1.82) is 0 Å². The third-order valence-corrected chi connectivity index (χ3v) is 6.15. The lowest BCUT2D eigenvalue weighted by Gasteiger charge is -2.24. The molecule has 6 nitrogen and oxygen atoms in total. The molecule has 2 aromatic carbocycles. The molecule has 0 aliphatic carbocycles. The Morgan fingerprint density at radius 2 is 1.86 bits per heavy atom. The summed E-state index contributed by atoms with van der Waals surface area (Å²) in [5, 5.41) is 0. The minimum absolute atomic E-state index is 0.0468. The number of carbonyl (C=O) groups excluding carboxylic acids is 1. The van der Waals surface area contributed by atoms with Crippen molar-refractivity contribution < 1.29 is 17.9 Å². The highest BCUT2D eigenvalue weighted by Crippen LogP contribution is 2.37. The van der Waals surface area contributed by atoms with Crippen molar-refractivity contribution in [2.24, 2.45) is 5.41 Å². The highest BCUT2D eigenvalue weighted by Gasteiger charge is 2.36. The van der Waals surface area contributed by atoms with Crippen molar-refractivity contribution in [1.82, 2.24) is 0 Å². The molecule has 0 atom stereocenters. The van der Waals surface area contributed by atoms with E-state index in [1.165, 1.54) is 0 Å². The smallest absolute Gasteiger partial charge is 0.236 e. The van der Waals surface area contributed by atoms with Crippen molar-refractivity contribution in [3.63, 3.8) is 0 Å². The number of nitrogens with zero attached hydrogens (tertiary/aromatic N) is 1. The third kappa shape index (κ3) is 4.14. The van der Waals surface area contributed by atoms with E-state index in [1.807, 2.05) is 45.9 Å². The van der Waals surface area contributed by atoms with Crippen molar-refractivity contribution in [2.45, 2.75) is 33.4 Å². The zero-order valence-corrected chi connectivity index (χ0v) is 17.7. The molecule has 0 fully saturated rings. The first-order valence-electron chi connectivity index (χ1n) is 9.10. The first-order chi connectivity index (χ1) is 13.0. The number of benzene rings is 2. The van der Waals surface area contributed by atoms with E-state index in [0.717, 1.165) is 16.7 Å². The largest absolute Gasteiger partial charge is 0.490 e. The number of rotatable bonds is 4. The molecule has 0 bridgehead atoms. The topological polar surface area (TPSA) is 75.7 Å². The second-order valence-corrected chi connectivity index (χ2v) is 9.73. The molecule has 3 rings (SSSR count). The predicted molar refractivity (Wildman–Crippen MR) is 111 cm³/mol.